The minimum atomic E-state index is -3.97. The zero-order valence-corrected chi connectivity index (χ0v) is 14.3. The van der Waals surface area contributed by atoms with E-state index < -0.39 is 20.7 Å². The summed E-state index contributed by atoms with van der Waals surface area (Å²) in [5.41, 5.74) is 5.71. The second kappa shape index (κ2) is 6.94. The normalized spacial score (nSPS) is 12.6. The summed E-state index contributed by atoms with van der Waals surface area (Å²) >= 11 is 5.70. The molecule has 0 aliphatic heterocycles. The zero-order chi connectivity index (χ0) is 16.4. The molecule has 0 heterocycles. The van der Waals surface area contributed by atoms with Gasteiger partial charge in [-0.2, -0.15) is 4.31 Å². The van der Waals surface area contributed by atoms with Crippen molar-refractivity contribution in [2.45, 2.75) is 32.6 Å². The molecule has 1 aromatic carbocycles. The van der Waals surface area contributed by atoms with Crippen LogP contribution in [0.2, 0.25) is 5.02 Å². The van der Waals surface area contributed by atoms with Gasteiger partial charge < -0.3 is 5.73 Å². The minimum absolute atomic E-state index is 0.119. The van der Waals surface area contributed by atoms with Crippen molar-refractivity contribution in [3.8, 4) is 0 Å². The lowest BCUT2D eigenvalue weighted by molar-refractivity contribution is 0.332. The third-order valence-electron chi connectivity index (χ3n) is 2.77. The quantitative estimate of drug-likeness (QED) is 0.810. The van der Waals surface area contributed by atoms with E-state index in [9.17, 15) is 12.8 Å². The van der Waals surface area contributed by atoms with Gasteiger partial charge in [0.15, 0.2) is 5.82 Å². The first-order valence-electron chi connectivity index (χ1n) is 6.80. The Hall–Kier alpha value is -0.850. The fourth-order valence-electron chi connectivity index (χ4n) is 2.00. The van der Waals surface area contributed by atoms with Crippen LogP contribution in [0.3, 0.4) is 0 Å². The van der Waals surface area contributed by atoms with Gasteiger partial charge >= 0.3 is 0 Å². The van der Waals surface area contributed by atoms with Gasteiger partial charge in [0.1, 0.15) is 4.90 Å². The summed E-state index contributed by atoms with van der Waals surface area (Å²) in [5.74, 6) is -0.709. The van der Waals surface area contributed by atoms with Crippen molar-refractivity contribution in [3.05, 3.63) is 23.0 Å². The molecule has 1 aromatic rings. The Morgan fingerprint density at radius 3 is 2.10 bits per heavy atom. The van der Waals surface area contributed by atoms with E-state index in [1.165, 1.54) is 10.4 Å². The summed E-state index contributed by atoms with van der Waals surface area (Å²) in [7, 11) is -3.97. The molecule has 0 saturated heterocycles. The van der Waals surface area contributed by atoms with E-state index in [1.807, 2.05) is 27.7 Å². The Balaban J connectivity index is 3.35. The van der Waals surface area contributed by atoms with Crippen molar-refractivity contribution in [1.29, 1.82) is 0 Å². The Labute approximate surface area is 131 Å². The van der Waals surface area contributed by atoms with Crippen LogP contribution in [0, 0.1) is 17.7 Å². The van der Waals surface area contributed by atoms with Crippen LogP contribution >= 0.6 is 11.6 Å². The molecule has 0 amide bonds. The van der Waals surface area contributed by atoms with Crippen LogP contribution in [0.1, 0.15) is 27.7 Å². The largest absolute Gasteiger partial charge is 0.399 e. The molecule has 7 heteroatoms. The van der Waals surface area contributed by atoms with Gasteiger partial charge in [0.2, 0.25) is 10.0 Å². The molecule has 0 radical (unpaired) electrons. The number of halogens is 2. The molecule has 0 bridgehead atoms. The lowest BCUT2D eigenvalue weighted by Crippen LogP contribution is -2.37. The molecule has 0 fully saturated rings. The third-order valence-corrected chi connectivity index (χ3v) is 4.88. The molecule has 1 rings (SSSR count). The first kappa shape index (κ1) is 18.2. The molecular weight excluding hydrogens is 315 g/mol. The average molecular weight is 337 g/mol. The molecule has 0 spiro atoms. The van der Waals surface area contributed by atoms with Gasteiger partial charge in [0.05, 0.1) is 5.02 Å². The third kappa shape index (κ3) is 4.56. The lowest BCUT2D eigenvalue weighted by atomic mass is 10.2. The lowest BCUT2D eigenvalue weighted by Gasteiger charge is -2.26. The number of benzene rings is 1. The Morgan fingerprint density at radius 1 is 1.19 bits per heavy atom. The summed E-state index contributed by atoms with van der Waals surface area (Å²) in [6, 6.07) is 2.31. The van der Waals surface area contributed by atoms with E-state index in [0.717, 1.165) is 6.07 Å². The molecule has 0 aromatic heterocycles. The Bertz CT molecular complexity index is 593. The number of hydrogen-bond acceptors (Lipinski definition) is 3. The number of nitrogens with zero attached hydrogens (tertiary/aromatic N) is 1. The van der Waals surface area contributed by atoms with Crippen molar-refractivity contribution in [2.75, 3.05) is 18.8 Å². The second-order valence-corrected chi connectivity index (χ2v) is 8.24. The number of sulfonamides is 1. The van der Waals surface area contributed by atoms with Gasteiger partial charge in [-0.05, 0) is 24.0 Å². The molecule has 4 nitrogen and oxygen atoms in total. The highest BCUT2D eigenvalue weighted by atomic mass is 35.5. The molecule has 0 saturated carbocycles. The first-order chi connectivity index (χ1) is 9.55. The predicted molar refractivity (Wildman–Crippen MR) is 84.3 cm³/mol. The van der Waals surface area contributed by atoms with Crippen LogP contribution in [0.5, 0.6) is 0 Å². The highest BCUT2D eigenvalue weighted by Gasteiger charge is 2.30. The van der Waals surface area contributed by atoms with Gasteiger partial charge in [-0.1, -0.05) is 39.3 Å². The van der Waals surface area contributed by atoms with Crippen LogP contribution in [-0.2, 0) is 10.0 Å². The standard InChI is InChI=1S/C14H22ClFN2O2S/c1-9(2)7-18(8-10(3)4)21(19,20)13-6-11(17)5-12(15)14(13)16/h5-6,9-10H,7-8,17H2,1-4H3. The van der Waals surface area contributed by atoms with Crippen LogP contribution in [0.4, 0.5) is 10.1 Å². The fourth-order valence-corrected chi connectivity index (χ4v) is 4.17. The van der Waals surface area contributed by atoms with Crippen molar-refractivity contribution in [1.82, 2.24) is 4.31 Å². The summed E-state index contributed by atoms with van der Waals surface area (Å²) in [5, 5.41) is -0.289. The van der Waals surface area contributed by atoms with Gasteiger partial charge in [0, 0.05) is 18.8 Å². The summed E-state index contributed by atoms with van der Waals surface area (Å²) in [6.07, 6.45) is 0. The van der Waals surface area contributed by atoms with Gasteiger partial charge in [-0.15, -0.1) is 0 Å². The predicted octanol–water partition coefficient (Wildman–Crippen LogP) is 3.36. The van der Waals surface area contributed by atoms with Gasteiger partial charge in [0.25, 0.3) is 0 Å². The molecule has 0 unspecified atom stereocenters. The highest BCUT2D eigenvalue weighted by molar-refractivity contribution is 7.89. The molecule has 2 N–H and O–H groups in total. The summed E-state index contributed by atoms with van der Waals surface area (Å²) in [6.45, 7) is 8.26. The molecule has 0 aliphatic rings. The van der Waals surface area contributed by atoms with Gasteiger partial charge in [-0.3, -0.25) is 0 Å². The van der Waals surface area contributed by atoms with E-state index in [4.69, 9.17) is 17.3 Å². The molecule has 0 aliphatic carbocycles. The first-order valence-corrected chi connectivity index (χ1v) is 8.62. The number of hydrogen-bond donors (Lipinski definition) is 1. The molecule has 0 atom stereocenters. The topological polar surface area (TPSA) is 63.4 Å². The Morgan fingerprint density at radius 2 is 1.67 bits per heavy atom. The summed E-state index contributed by atoms with van der Waals surface area (Å²) in [4.78, 5) is -0.464. The Kier molecular flexibility index (Phi) is 6.01. The second-order valence-electron chi connectivity index (χ2n) is 5.92. The smallest absolute Gasteiger partial charge is 0.246 e. The van der Waals surface area contributed by atoms with E-state index in [1.54, 1.807) is 0 Å². The maximum Gasteiger partial charge on any atom is 0.246 e. The zero-order valence-electron chi connectivity index (χ0n) is 12.7. The monoisotopic (exact) mass is 336 g/mol. The number of rotatable bonds is 6. The van der Waals surface area contributed by atoms with E-state index in [-0.39, 0.29) is 22.5 Å². The minimum Gasteiger partial charge on any atom is -0.399 e. The van der Waals surface area contributed by atoms with E-state index >= 15 is 0 Å². The van der Waals surface area contributed by atoms with Crippen molar-refractivity contribution < 1.29 is 12.8 Å². The van der Waals surface area contributed by atoms with Gasteiger partial charge in [-0.25, -0.2) is 12.8 Å². The van der Waals surface area contributed by atoms with Crippen molar-refractivity contribution >= 4 is 27.3 Å². The fraction of sp³-hybridized carbons (Fsp3) is 0.571. The van der Waals surface area contributed by atoms with E-state index in [0.29, 0.717) is 13.1 Å². The van der Waals surface area contributed by atoms with Crippen LogP contribution < -0.4 is 5.73 Å². The van der Waals surface area contributed by atoms with Crippen LogP contribution in [0.15, 0.2) is 17.0 Å². The van der Waals surface area contributed by atoms with Crippen LogP contribution in [-0.4, -0.2) is 25.8 Å². The van der Waals surface area contributed by atoms with Crippen molar-refractivity contribution in [3.63, 3.8) is 0 Å². The number of nitrogen functional groups attached to an aromatic ring is 1. The average Bonchev–Trinajstić information content (AvgIpc) is 2.31. The maximum absolute atomic E-state index is 14.1. The molecule has 21 heavy (non-hydrogen) atoms. The number of nitrogens with two attached hydrogens (primary N) is 1. The summed E-state index contributed by atoms with van der Waals surface area (Å²) < 4.78 is 40.8. The number of anilines is 1. The van der Waals surface area contributed by atoms with E-state index in [2.05, 4.69) is 0 Å². The van der Waals surface area contributed by atoms with Crippen molar-refractivity contribution in [2.24, 2.45) is 11.8 Å². The van der Waals surface area contributed by atoms with Crippen LogP contribution in [0.25, 0.3) is 0 Å². The molecule has 120 valence electrons. The maximum atomic E-state index is 14.1. The SMILES string of the molecule is CC(C)CN(CC(C)C)S(=O)(=O)c1cc(N)cc(Cl)c1F. The highest BCUT2D eigenvalue weighted by Crippen LogP contribution is 2.28. The molecular formula is C14H22ClFN2O2S.